The molecule has 0 atom stereocenters. The SMILES string of the molecule is Cc1ccc(C(F)(F)F)cc1S(=O)(=O)N(C)CCC(=O)O. The third-order valence-corrected chi connectivity index (χ3v) is 4.84. The molecule has 118 valence electrons. The fraction of sp³-hybridized carbons (Fsp3) is 0.417. The number of carboxylic acids is 1. The van der Waals surface area contributed by atoms with E-state index in [9.17, 15) is 26.4 Å². The van der Waals surface area contributed by atoms with Gasteiger partial charge in [0.1, 0.15) is 0 Å². The second-order valence-electron chi connectivity index (χ2n) is 4.45. The molecule has 0 aromatic heterocycles. The largest absolute Gasteiger partial charge is 0.481 e. The molecule has 9 heteroatoms. The Morgan fingerprint density at radius 2 is 1.90 bits per heavy atom. The van der Waals surface area contributed by atoms with Gasteiger partial charge < -0.3 is 5.11 Å². The first-order valence-corrected chi connectivity index (χ1v) is 7.26. The van der Waals surface area contributed by atoms with E-state index < -0.39 is 39.0 Å². The summed E-state index contributed by atoms with van der Waals surface area (Å²) in [6.07, 6.45) is -5.09. The van der Waals surface area contributed by atoms with Gasteiger partial charge in [-0.25, -0.2) is 12.7 Å². The van der Waals surface area contributed by atoms with Crippen LogP contribution in [0.1, 0.15) is 17.5 Å². The highest BCUT2D eigenvalue weighted by Gasteiger charge is 2.33. The molecule has 0 aliphatic heterocycles. The Balaban J connectivity index is 3.21. The summed E-state index contributed by atoms with van der Waals surface area (Å²) in [4.78, 5) is 9.97. The van der Waals surface area contributed by atoms with Gasteiger partial charge in [0.25, 0.3) is 0 Å². The highest BCUT2D eigenvalue weighted by atomic mass is 32.2. The fourth-order valence-electron chi connectivity index (χ4n) is 1.60. The molecule has 0 amide bonds. The Labute approximate surface area is 120 Å². The molecular weight excluding hydrogens is 311 g/mol. The van der Waals surface area contributed by atoms with E-state index in [1.54, 1.807) is 0 Å². The minimum atomic E-state index is -4.66. The van der Waals surface area contributed by atoms with Crippen molar-refractivity contribution in [2.45, 2.75) is 24.4 Å². The normalized spacial score (nSPS) is 12.7. The van der Waals surface area contributed by atoms with Crippen molar-refractivity contribution in [3.8, 4) is 0 Å². The molecule has 0 saturated heterocycles. The third kappa shape index (κ3) is 4.18. The first-order valence-electron chi connectivity index (χ1n) is 5.82. The summed E-state index contributed by atoms with van der Waals surface area (Å²) < 4.78 is 63.1. The molecule has 0 spiro atoms. The second-order valence-corrected chi connectivity index (χ2v) is 6.46. The highest BCUT2D eigenvalue weighted by Crippen LogP contribution is 2.32. The van der Waals surface area contributed by atoms with E-state index in [-0.39, 0.29) is 12.1 Å². The number of rotatable bonds is 5. The summed E-state index contributed by atoms with van der Waals surface area (Å²) in [5, 5.41) is 8.53. The number of benzene rings is 1. The minimum absolute atomic E-state index is 0.158. The summed E-state index contributed by atoms with van der Waals surface area (Å²) in [5.41, 5.74) is -0.913. The number of alkyl halides is 3. The number of hydrogen-bond donors (Lipinski definition) is 1. The Kier molecular flexibility index (Phi) is 5.00. The van der Waals surface area contributed by atoms with Gasteiger partial charge in [-0.05, 0) is 24.6 Å². The van der Waals surface area contributed by atoms with Crippen molar-refractivity contribution >= 4 is 16.0 Å². The van der Waals surface area contributed by atoms with Gasteiger partial charge in [-0.1, -0.05) is 6.07 Å². The van der Waals surface area contributed by atoms with E-state index in [1.807, 2.05) is 0 Å². The summed E-state index contributed by atoms with van der Waals surface area (Å²) in [5.74, 6) is -1.20. The molecule has 0 saturated carbocycles. The van der Waals surface area contributed by atoms with Crippen LogP contribution in [0.15, 0.2) is 23.1 Å². The Morgan fingerprint density at radius 3 is 2.38 bits per heavy atom. The zero-order valence-corrected chi connectivity index (χ0v) is 12.1. The van der Waals surface area contributed by atoms with Crippen LogP contribution in [0.4, 0.5) is 13.2 Å². The molecule has 0 unspecified atom stereocenters. The number of nitrogens with zero attached hydrogens (tertiary/aromatic N) is 1. The Hall–Kier alpha value is -1.61. The van der Waals surface area contributed by atoms with Gasteiger partial charge >= 0.3 is 12.1 Å². The lowest BCUT2D eigenvalue weighted by atomic mass is 10.1. The number of carboxylic acid groups (broad SMARTS) is 1. The van der Waals surface area contributed by atoms with E-state index in [4.69, 9.17) is 5.11 Å². The van der Waals surface area contributed by atoms with Gasteiger partial charge in [-0.3, -0.25) is 4.79 Å². The summed E-state index contributed by atoms with van der Waals surface area (Å²) in [7, 11) is -3.06. The molecule has 1 aromatic carbocycles. The van der Waals surface area contributed by atoms with Crippen molar-refractivity contribution in [3.05, 3.63) is 29.3 Å². The van der Waals surface area contributed by atoms with Crippen LogP contribution in [0.2, 0.25) is 0 Å². The molecule has 5 nitrogen and oxygen atoms in total. The minimum Gasteiger partial charge on any atom is -0.481 e. The maximum Gasteiger partial charge on any atom is 0.416 e. The lowest BCUT2D eigenvalue weighted by Crippen LogP contribution is -2.30. The zero-order valence-electron chi connectivity index (χ0n) is 11.3. The quantitative estimate of drug-likeness (QED) is 0.900. The smallest absolute Gasteiger partial charge is 0.416 e. The maximum absolute atomic E-state index is 12.7. The molecule has 0 heterocycles. The van der Waals surface area contributed by atoms with Crippen LogP contribution >= 0.6 is 0 Å². The number of aryl methyl sites for hydroxylation is 1. The first-order chi connectivity index (χ1) is 9.46. The van der Waals surface area contributed by atoms with Crippen LogP contribution in [-0.4, -0.2) is 37.4 Å². The van der Waals surface area contributed by atoms with E-state index in [0.717, 1.165) is 23.5 Å². The molecular formula is C12H14F3NO4S. The molecule has 0 bridgehead atoms. The monoisotopic (exact) mass is 325 g/mol. The molecule has 0 aliphatic carbocycles. The molecule has 1 rings (SSSR count). The van der Waals surface area contributed by atoms with Crippen LogP contribution in [0.3, 0.4) is 0 Å². The van der Waals surface area contributed by atoms with E-state index in [1.165, 1.54) is 6.92 Å². The summed E-state index contributed by atoms with van der Waals surface area (Å²) in [6, 6.07) is 2.42. The van der Waals surface area contributed by atoms with Crippen molar-refractivity contribution in [2.75, 3.05) is 13.6 Å². The summed E-state index contributed by atoms with van der Waals surface area (Å²) in [6.45, 7) is 1.05. The predicted molar refractivity (Wildman–Crippen MR) is 68.2 cm³/mol. The lowest BCUT2D eigenvalue weighted by molar-refractivity contribution is -0.138. The van der Waals surface area contributed by atoms with Crippen molar-refractivity contribution in [1.29, 1.82) is 0 Å². The molecule has 0 fully saturated rings. The molecule has 0 aliphatic rings. The Morgan fingerprint density at radius 1 is 1.33 bits per heavy atom. The van der Waals surface area contributed by atoms with Gasteiger partial charge in [0.15, 0.2) is 0 Å². The van der Waals surface area contributed by atoms with Gasteiger partial charge in [-0.2, -0.15) is 13.2 Å². The van der Waals surface area contributed by atoms with Gasteiger partial charge in [0.05, 0.1) is 16.9 Å². The van der Waals surface area contributed by atoms with Gasteiger partial charge in [-0.15, -0.1) is 0 Å². The van der Waals surface area contributed by atoms with Crippen molar-refractivity contribution < 1.29 is 31.5 Å². The lowest BCUT2D eigenvalue weighted by Gasteiger charge is -2.19. The van der Waals surface area contributed by atoms with Crippen LogP contribution < -0.4 is 0 Å². The van der Waals surface area contributed by atoms with Crippen LogP contribution in [0.5, 0.6) is 0 Å². The second kappa shape index (κ2) is 6.02. The number of hydrogen-bond acceptors (Lipinski definition) is 3. The Bertz CT molecular complexity index is 640. The molecule has 21 heavy (non-hydrogen) atoms. The van der Waals surface area contributed by atoms with Crippen molar-refractivity contribution in [1.82, 2.24) is 4.31 Å². The molecule has 0 radical (unpaired) electrons. The highest BCUT2D eigenvalue weighted by molar-refractivity contribution is 7.89. The average Bonchev–Trinajstić information content (AvgIpc) is 2.34. The number of sulfonamides is 1. The number of carbonyl (C=O) groups is 1. The van der Waals surface area contributed by atoms with Gasteiger partial charge in [0.2, 0.25) is 10.0 Å². The van der Waals surface area contributed by atoms with E-state index in [0.29, 0.717) is 6.07 Å². The van der Waals surface area contributed by atoms with Gasteiger partial charge in [0, 0.05) is 13.6 Å². The van der Waals surface area contributed by atoms with Crippen LogP contribution in [0.25, 0.3) is 0 Å². The number of halogens is 3. The average molecular weight is 325 g/mol. The summed E-state index contributed by atoms with van der Waals surface area (Å²) >= 11 is 0. The van der Waals surface area contributed by atoms with Crippen LogP contribution in [-0.2, 0) is 21.0 Å². The maximum atomic E-state index is 12.7. The fourth-order valence-corrected chi connectivity index (χ4v) is 3.01. The zero-order chi connectivity index (χ0) is 16.4. The molecule has 1 N–H and O–H groups in total. The van der Waals surface area contributed by atoms with Crippen LogP contribution in [0, 0.1) is 6.92 Å². The first kappa shape index (κ1) is 17.4. The number of aliphatic carboxylic acids is 1. The van der Waals surface area contributed by atoms with E-state index >= 15 is 0 Å². The topological polar surface area (TPSA) is 74.7 Å². The predicted octanol–water partition coefficient (Wildman–Crippen LogP) is 2.11. The van der Waals surface area contributed by atoms with Crippen molar-refractivity contribution in [2.24, 2.45) is 0 Å². The molecule has 1 aromatic rings. The van der Waals surface area contributed by atoms with Crippen molar-refractivity contribution in [3.63, 3.8) is 0 Å². The van der Waals surface area contributed by atoms with E-state index in [2.05, 4.69) is 0 Å². The third-order valence-electron chi connectivity index (χ3n) is 2.84. The standard InChI is InChI=1S/C12H14F3NO4S/c1-8-3-4-9(12(13,14)15)7-10(8)21(19,20)16(2)6-5-11(17)18/h3-4,7H,5-6H2,1-2H3,(H,17,18).